The van der Waals surface area contributed by atoms with E-state index in [0.29, 0.717) is 50.4 Å². The number of carboxylic acids is 1. The Morgan fingerprint density at radius 1 is 1.22 bits per heavy atom. The predicted octanol–water partition coefficient (Wildman–Crippen LogP) is 4.74. The number of nitrogens with two attached hydrogens (primary N) is 1. The van der Waals surface area contributed by atoms with Gasteiger partial charge in [-0.05, 0) is 48.8 Å². The van der Waals surface area contributed by atoms with E-state index in [1.54, 1.807) is 12.3 Å². The molecule has 1 spiro atoms. The highest BCUT2D eigenvalue weighted by Gasteiger charge is 2.46. The Balaban J connectivity index is 1.41. The molecule has 2 saturated heterocycles. The largest absolute Gasteiger partial charge is 0.480 e. The number of piperidine rings is 1. The van der Waals surface area contributed by atoms with Crippen molar-refractivity contribution in [2.24, 2.45) is 5.41 Å². The Labute approximate surface area is 239 Å². The van der Waals surface area contributed by atoms with E-state index in [2.05, 4.69) is 20.4 Å². The van der Waals surface area contributed by atoms with E-state index in [9.17, 15) is 23.1 Å². The smallest absolute Gasteiger partial charge is 0.429 e. The number of carboxylic acid groups (broad SMARTS) is 1. The zero-order valence-electron chi connectivity index (χ0n) is 22.5. The summed E-state index contributed by atoms with van der Waals surface area (Å²) in [6.07, 6.45) is -3.70. The van der Waals surface area contributed by atoms with Crippen molar-refractivity contribution in [3.05, 3.63) is 52.8 Å². The Morgan fingerprint density at radius 2 is 1.95 bits per heavy atom. The molecule has 0 bridgehead atoms. The van der Waals surface area contributed by atoms with Gasteiger partial charge in [-0.2, -0.15) is 28.2 Å². The molecule has 3 aromatic rings. The monoisotopic (exact) mass is 593 g/mol. The lowest BCUT2D eigenvalue weighted by molar-refractivity contribution is -0.198. The van der Waals surface area contributed by atoms with Crippen LogP contribution in [0.3, 0.4) is 0 Å². The van der Waals surface area contributed by atoms with Gasteiger partial charge in [-0.3, -0.25) is 4.79 Å². The maximum Gasteiger partial charge on any atom is 0.429 e. The lowest BCUT2D eigenvalue weighted by atomic mass is 9.76. The number of hydrogen-bond acceptors (Lipinski definition) is 8. The molecule has 2 aromatic heterocycles. The molecule has 2 atom stereocenters. The number of rotatable bonds is 7. The van der Waals surface area contributed by atoms with Crippen LogP contribution >= 0.6 is 11.6 Å². The number of aliphatic carboxylic acids is 1. The molecule has 5 rings (SSSR count). The van der Waals surface area contributed by atoms with Gasteiger partial charge >= 0.3 is 12.1 Å². The van der Waals surface area contributed by atoms with Gasteiger partial charge in [0.15, 0.2) is 0 Å². The molecule has 4 N–H and O–H groups in total. The van der Waals surface area contributed by atoms with Crippen LogP contribution in [-0.4, -0.2) is 62.7 Å². The molecule has 2 aliphatic heterocycles. The number of ether oxygens (including phenoxy) is 1. The molecule has 2 unspecified atom stereocenters. The van der Waals surface area contributed by atoms with Crippen LogP contribution in [0.1, 0.15) is 56.4 Å². The van der Waals surface area contributed by atoms with Crippen LogP contribution in [0.4, 0.5) is 24.9 Å². The van der Waals surface area contributed by atoms with Crippen LogP contribution in [0.15, 0.2) is 36.5 Å². The maximum absolute atomic E-state index is 14.5. The van der Waals surface area contributed by atoms with Crippen molar-refractivity contribution < 1.29 is 27.8 Å². The number of alkyl halides is 3. The fourth-order valence-electron chi connectivity index (χ4n) is 5.48. The Morgan fingerprint density at radius 3 is 2.56 bits per heavy atom. The van der Waals surface area contributed by atoms with E-state index in [0.717, 1.165) is 0 Å². The number of nitrogens with one attached hydrogen (secondary N) is 1. The number of hydrogen-bond donors (Lipinski definition) is 3. The van der Waals surface area contributed by atoms with E-state index < -0.39 is 24.3 Å². The molecule has 2 fully saturated rings. The van der Waals surface area contributed by atoms with Gasteiger partial charge in [0.05, 0.1) is 11.4 Å². The minimum absolute atomic E-state index is 0.0733. The normalized spacial score (nSPS) is 19.6. The van der Waals surface area contributed by atoms with Gasteiger partial charge in [-0.25, -0.2) is 4.68 Å². The van der Waals surface area contributed by atoms with Crippen molar-refractivity contribution in [3.63, 3.8) is 0 Å². The van der Waals surface area contributed by atoms with E-state index in [1.807, 2.05) is 18.7 Å². The fraction of sp³-hybridized carbons (Fsp3) is 0.481. The summed E-state index contributed by atoms with van der Waals surface area (Å²) >= 11 is 6.17. The Hall–Kier alpha value is -3.58. The lowest BCUT2D eigenvalue weighted by Crippen LogP contribution is -2.41. The lowest BCUT2D eigenvalue weighted by Gasteiger charge is -2.39. The average Bonchev–Trinajstić information content (AvgIpc) is 3.56. The minimum Gasteiger partial charge on any atom is -0.480 e. The van der Waals surface area contributed by atoms with Gasteiger partial charge in [-0.15, -0.1) is 0 Å². The summed E-state index contributed by atoms with van der Waals surface area (Å²) in [5.74, 6) is -1.01. The third-order valence-electron chi connectivity index (χ3n) is 7.77. The zero-order valence-corrected chi connectivity index (χ0v) is 23.3. The predicted molar refractivity (Wildman–Crippen MR) is 146 cm³/mol. The van der Waals surface area contributed by atoms with Crippen molar-refractivity contribution >= 4 is 29.3 Å². The van der Waals surface area contributed by atoms with Crippen molar-refractivity contribution in [2.45, 2.75) is 57.3 Å². The van der Waals surface area contributed by atoms with E-state index in [4.69, 9.17) is 22.1 Å². The van der Waals surface area contributed by atoms with Gasteiger partial charge in [0, 0.05) is 42.5 Å². The summed E-state index contributed by atoms with van der Waals surface area (Å²) in [6.45, 7) is 5.54. The van der Waals surface area contributed by atoms with E-state index in [-0.39, 0.29) is 39.4 Å². The Bertz CT molecular complexity index is 1420. The van der Waals surface area contributed by atoms with Crippen molar-refractivity contribution in [1.82, 2.24) is 25.1 Å². The van der Waals surface area contributed by atoms with Gasteiger partial charge in [0.2, 0.25) is 17.9 Å². The highest BCUT2D eigenvalue weighted by molar-refractivity contribution is 6.30. The van der Waals surface area contributed by atoms with Crippen LogP contribution in [0, 0.1) is 5.41 Å². The molecular formula is C27H31ClF3N7O3. The van der Waals surface area contributed by atoms with Gasteiger partial charge in [0.25, 0.3) is 0 Å². The molecular weight excluding hydrogens is 563 g/mol. The second kappa shape index (κ2) is 11.0. The second-order valence-electron chi connectivity index (χ2n) is 11.0. The fourth-order valence-corrected chi connectivity index (χ4v) is 5.65. The Kier molecular flexibility index (Phi) is 7.77. The second-order valence-corrected chi connectivity index (χ2v) is 11.4. The molecule has 4 heterocycles. The number of benzene rings is 1. The van der Waals surface area contributed by atoms with Crippen LogP contribution in [0.25, 0.3) is 5.69 Å². The van der Waals surface area contributed by atoms with E-state index >= 15 is 0 Å². The molecule has 14 heteroatoms. The van der Waals surface area contributed by atoms with Crippen molar-refractivity contribution in [2.75, 3.05) is 30.3 Å². The maximum atomic E-state index is 14.5. The summed E-state index contributed by atoms with van der Waals surface area (Å²) in [4.78, 5) is 21.5. The average molecular weight is 594 g/mol. The zero-order chi connectivity index (χ0) is 29.5. The number of carbonyl (C=O) groups is 1. The minimum atomic E-state index is -4.82. The number of nitrogen functional groups attached to an aromatic ring is 1. The molecule has 220 valence electrons. The molecule has 1 aromatic carbocycles. The highest BCUT2D eigenvalue weighted by atomic mass is 35.5. The summed E-state index contributed by atoms with van der Waals surface area (Å²) in [7, 11) is 0. The third kappa shape index (κ3) is 6.20. The van der Waals surface area contributed by atoms with Crippen molar-refractivity contribution in [1.29, 1.82) is 0 Å². The summed E-state index contributed by atoms with van der Waals surface area (Å²) < 4.78 is 50.4. The SMILES string of the molecule is CC(C)c1ccn(-c2cc(Cl)ccc2C(Oc2cc(N3CCC4(CC3)CNC(C(=O)O)C4)nc(N)n2)C(F)(F)F)n1. The first kappa shape index (κ1) is 28.9. The van der Waals surface area contributed by atoms with Gasteiger partial charge in [0.1, 0.15) is 11.9 Å². The van der Waals surface area contributed by atoms with Crippen LogP contribution in [0.2, 0.25) is 5.02 Å². The van der Waals surface area contributed by atoms with Gasteiger partial charge < -0.3 is 25.8 Å². The first-order chi connectivity index (χ1) is 19.3. The number of halogens is 4. The molecule has 10 nitrogen and oxygen atoms in total. The van der Waals surface area contributed by atoms with Crippen molar-refractivity contribution in [3.8, 4) is 11.6 Å². The van der Waals surface area contributed by atoms with Gasteiger partial charge in [-0.1, -0.05) is 31.5 Å². The molecule has 0 aliphatic carbocycles. The molecule has 0 amide bonds. The molecule has 0 saturated carbocycles. The van der Waals surface area contributed by atoms with Crippen LogP contribution < -0.4 is 20.7 Å². The summed E-state index contributed by atoms with van der Waals surface area (Å²) in [5.41, 5.74) is 6.41. The first-order valence-electron chi connectivity index (χ1n) is 13.3. The molecule has 2 aliphatic rings. The van der Waals surface area contributed by atoms with E-state index in [1.165, 1.54) is 28.9 Å². The first-order valence-corrected chi connectivity index (χ1v) is 13.7. The standard InChI is InChI=1S/C27H31ClF3N7O3/c1-15(2)18-5-8-38(36-18)20-11-16(28)3-4-17(20)23(27(29,30)31)41-22-12-21(34-25(32)35-22)37-9-6-26(7-10-37)13-19(24(39)40)33-14-26/h3-5,8,11-12,15,19,23,33H,6-7,9-10,13-14H2,1-2H3,(H,39,40)(H2,32,34,35). The third-order valence-corrected chi connectivity index (χ3v) is 8.01. The van der Waals surface area contributed by atoms with Crippen LogP contribution in [-0.2, 0) is 4.79 Å². The highest BCUT2D eigenvalue weighted by Crippen LogP contribution is 2.42. The number of anilines is 2. The van der Waals surface area contributed by atoms with Crippen LogP contribution in [0.5, 0.6) is 5.88 Å². The molecule has 41 heavy (non-hydrogen) atoms. The number of nitrogens with zero attached hydrogens (tertiary/aromatic N) is 5. The quantitative estimate of drug-likeness (QED) is 0.355. The topological polar surface area (TPSA) is 131 Å². The summed E-state index contributed by atoms with van der Waals surface area (Å²) in [6, 6.07) is 6.55. The molecule has 0 radical (unpaired) electrons. The number of aromatic nitrogens is 4. The summed E-state index contributed by atoms with van der Waals surface area (Å²) in [5, 5.41) is 17.1.